The van der Waals surface area contributed by atoms with E-state index in [4.69, 9.17) is 5.11 Å². The number of likely N-dealkylation sites (tertiary alicyclic amines) is 1. The molecule has 0 spiro atoms. The number of benzene rings is 1. The van der Waals surface area contributed by atoms with Gasteiger partial charge < -0.3 is 10.4 Å². The normalized spacial score (nSPS) is 18.0. The minimum Gasteiger partial charge on any atom is -0.396 e. The smallest absolute Gasteiger partial charge is 0.234 e. The first-order valence-electron chi connectivity index (χ1n) is 8.43. The zero-order valence-corrected chi connectivity index (χ0v) is 13.8. The van der Waals surface area contributed by atoms with Gasteiger partial charge in [-0.05, 0) is 43.0 Å². The summed E-state index contributed by atoms with van der Waals surface area (Å²) in [5.41, 5.74) is 2.13. The molecule has 1 saturated heterocycles. The Morgan fingerprint density at radius 3 is 2.92 bits per heavy atom. The molecule has 3 rings (SSSR count). The van der Waals surface area contributed by atoms with E-state index in [0.29, 0.717) is 19.0 Å². The first kappa shape index (κ1) is 16.7. The number of rotatable bonds is 7. The molecule has 128 valence electrons. The average molecular weight is 328 g/mol. The molecule has 1 aromatic carbocycles. The van der Waals surface area contributed by atoms with Crippen LogP contribution in [0, 0.1) is 5.92 Å². The fraction of sp³-hybridized carbons (Fsp3) is 0.444. The van der Waals surface area contributed by atoms with Gasteiger partial charge in [0, 0.05) is 25.9 Å². The molecule has 1 aliphatic rings. The largest absolute Gasteiger partial charge is 0.396 e. The van der Waals surface area contributed by atoms with Crippen LogP contribution in [0.3, 0.4) is 0 Å². The molecule has 2 N–H and O–H groups in total. The predicted octanol–water partition coefficient (Wildman–Crippen LogP) is 0.845. The van der Waals surface area contributed by atoms with Gasteiger partial charge in [0.2, 0.25) is 5.91 Å². The topological polar surface area (TPSA) is 70.4 Å². The van der Waals surface area contributed by atoms with Gasteiger partial charge in [0.1, 0.15) is 0 Å². The number of aliphatic hydroxyl groups is 1. The van der Waals surface area contributed by atoms with E-state index in [1.807, 2.05) is 47.4 Å². The summed E-state index contributed by atoms with van der Waals surface area (Å²) in [6.45, 7) is 2.94. The van der Waals surface area contributed by atoms with Gasteiger partial charge in [-0.1, -0.05) is 18.2 Å². The molecular formula is C18H24N4O2. The van der Waals surface area contributed by atoms with Crippen molar-refractivity contribution in [1.29, 1.82) is 0 Å². The van der Waals surface area contributed by atoms with Crippen LogP contribution in [0.2, 0.25) is 0 Å². The first-order valence-corrected chi connectivity index (χ1v) is 8.43. The molecule has 6 nitrogen and oxygen atoms in total. The van der Waals surface area contributed by atoms with Crippen molar-refractivity contribution in [3.8, 4) is 5.69 Å². The standard InChI is InChI=1S/C18H24N4O2/c23-14-16-7-9-21(11-16)13-18(24)19-8-6-15-10-20-22(12-15)17-4-2-1-3-5-17/h1-5,10,12,16,23H,6-9,11,13-14H2,(H,19,24). The fourth-order valence-electron chi connectivity index (χ4n) is 3.02. The summed E-state index contributed by atoms with van der Waals surface area (Å²) in [6.07, 6.45) is 5.57. The van der Waals surface area contributed by atoms with Crippen molar-refractivity contribution in [3.63, 3.8) is 0 Å². The molecule has 1 atom stereocenters. The minimum atomic E-state index is 0.0454. The van der Waals surface area contributed by atoms with Crippen molar-refractivity contribution in [2.24, 2.45) is 5.92 Å². The number of carbonyl (C=O) groups excluding carboxylic acids is 1. The van der Waals surface area contributed by atoms with E-state index in [2.05, 4.69) is 15.3 Å². The van der Waals surface area contributed by atoms with Gasteiger partial charge in [0.15, 0.2) is 0 Å². The first-order chi connectivity index (χ1) is 11.7. The molecule has 0 saturated carbocycles. The Morgan fingerprint density at radius 1 is 1.33 bits per heavy atom. The summed E-state index contributed by atoms with van der Waals surface area (Å²) in [5.74, 6) is 0.366. The van der Waals surface area contributed by atoms with Crippen molar-refractivity contribution in [2.45, 2.75) is 12.8 Å². The molecule has 24 heavy (non-hydrogen) atoms. The van der Waals surface area contributed by atoms with E-state index in [1.165, 1.54) is 0 Å². The van der Waals surface area contributed by atoms with Crippen molar-refractivity contribution in [2.75, 3.05) is 32.8 Å². The van der Waals surface area contributed by atoms with Crippen LogP contribution in [0.25, 0.3) is 5.69 Å². The Balaban J connectivity index is 1.40. The van der Waals surface area contributed by atoms with Crippen LogP contribution in [0.4, 0.5) is 0 Å². The number of hydrogen-bond acceptors (Lipinski definition) is 4. The highest BCUT2D eigenvalue weighted by atomic mass is 16.3. The van der Waals surface area contributed by atoms with Crippen molar-refractivity contribution >= 4 is 5.91 Å². The van der Waals surface area contributed by atoms with Crippen molar-refractivity contribution in [1.82, 2.24) is 20.0 Å². The molecular weight excluding hydrogens is 304 g/mol. The predicted molar refractivity (Wildman–Crippen MR) is 91.9 cm³/mol. The maximum Gasteiger partial charge on any atom is 0.234 e. The van der Waals surface area contributed by atoms with Crippen LogP contribution >= 0.6 is 0 Å². The highest BCUT2D eigenvalue weighted by Crippen LogP contribution is 2.14. The summed E-state index contributed by atoms with van der Waals surface area (Å²) in [5, 5.41) is 16.5. The zero-order chi connectivity index (χ0) is 16.8. The number of aliphatic hydroxyl groups excluding tert-OH is 1. The number of hydrogen-bond donors (Lipinski definition) is 2. The third-order valence-electron chi connectivity index (χ3n) is 4.39. The van der Waals surface area contributed by atoms with Crippen LogP contribution in [0.1, 0.15) is 12.0 Å². The SMILES string of the molecule is O=C(CN1CCC(CO)C1)NCCc1cnn(-c2ccccc2)c1. The molecule has 1 aliphatic heterocycles. The molecule has 1 aromatic heterocycles. The quantitative estimate of drug-likeness (QED) is 0.790. The summed E-state index contributed by atoms with van der Waals surface area (Å²) in [4.78, 5) is 14.1. The Labute approximate surface area is 142 Å². The highest BCUT2D eigenvalue weighted by Gasteiger charge is 2.23. The van der Waals surface area contributed by atoms with Crippen LogP contribution in [0.15, 0.2) is 42.7 Å². The Kier molecular flexibility index (Phi) is 5.61. The second-order valence-corrected chi connectivity index (χ2v) is 6.30. The van der Waals surface area contributed by atoms with E-state index < -0.39 is 0 Å². The monoisotopic (exact) mass is 328 g/mol. The molecule has 0 bridgehead atoms. The van der Waals surface area contributed by atoms with Crippen LogP contribution in [-0.2, 0) is 11.2 Å². The van der Waals surface area contributed by atoms with Gasteiger partial charge >= 0.3 is 0 Å². The number of amides is 1. The Morgan fingerprint density at radius 2 is 2.17 bits per heavy atom. The van der Waals surface area contributed by atoms with Gasteiger partial charge in [-0.25, -0.2) is 4.68 Å². The molecule has 2 heterocycles. The summed E-state index contributed by atoms with van der Waals surface area (Å²) in [7, 11) is 0. The number of para-hydroxylation sites is 1. The third kappa shape index (κ3) is 4.43. The number of carbonyl (C=O) groups is 1. The second kappa shape index (κ2) is 8.08. The lowest BCUT2D eigenvalue weighted by Gasteiger charge is -2.14. The number of nitrogens with one attached hydrogen (secondary N) is 1. The second-order valence-electron chi connectivity index (χ2n) is 6.30. The molecule has 1 amide bonds. The lowest BCUT2D eigenvalue weighted by molar-refractivity contribution is -0.122. The number of nitrogens with zero attached hydrogens (tertiary/aromatic N) is 3. The van der Waals surface area contributed by atoms with Crippen LogP contribution < -0.4 is 5.32 Å². The molecule has 2 aromatic rings. The molecule has 0 aliphatic carbocycles. The summed E-state index contributed by atoms with van der Waals surface area (Å²) in [6, 6.07) is 9.96. The van der Waals surface area contributed by atoms with Gasteiger partial charge in [0.25, 0.3) is 0 Å². The maximum absolute atomic E-state index is 12.0. The summed E-state index contributed by atoms with van der Waals surface area (Å²) >= 11 is 0. The van der Waals surface area contributed by atoms with E-state index >= 15 is 0 Å². The molecule has 1 unspecified atom stereocenters. The van der Waals surface area contributed by atoms with Gasteiger partial charge in [0.05, 0.1) is 18.4 Å². The maximum atomic E-state index is 12.0. The fourth-order valence-corrected chi connectivity index (χ4v) is 3.02. The van der Waals surface area contributed by atoms with Crippen LogP contribution in [-0.4, -0.2) is 58.5 Å². The average Bonchev–Trinajstić information content (AvgIpc) is 3.25. The summed E-state index contributed by atoms with van der Waals surface area (Å²) < 4.78 is 1.84. The van der Waals surface area contributed by atoms with E-state index in [1.54, 1.807) is 0 Å². The lowest BCUT2D eigenvalue weighted by Crippen LogP contribution is -2.37. The number of aromatic nitrogens is 2. The van der Waals surface area contributed by atoms with Crippen molar-refractivity contribution < 1.29 is 9.90 Å². The van der Waals surface area contributed by atoms with E-state index in [9.17, 15) is 4.79 Å². The zero-order valence-electron chi connectivity index (χ0n) is 13.8. The third-order valence-corrected chi connectivity index (χ3v) is 4.39. The molecule has 1 fully saturated rings. The Bertz CT molecular complexity index is 656. The molecule has 6 heteroatoms. The Hall–Kier alpha value is -2.18. The minimum absolute atomic E-state index is 0.0454. The van der Waals surface area contributed by atoms with Crippen molar-refractivity contribution in [3.05, 3.63) is 48.3 Å². The van der Waals surface area contributed by atoms with Gasteiger partial charge in [-0.2, -0.15) is 5.10 Å². The lowest BCUT2D eigenvalue weighted by atomic mass is 10.1. The van der Waals surface area contributed by atoms with Crippen LogP contribution in [0.5, 0.6) is 0 Å². The van der Waals surface area contributed by atoms with Gasteiger partial charge in [-0.3, -0.25) is 9.69 Å². The van der Waals surface area contributed by atoms with E-state index in [-0.39, 0.29) is 12.5 Å². The molecule has 0 radical (unpaired) electrons. The highest BCUT2D eigenvalue weighted by molar-refractivity contribution is 5.78. The van der Waals surface area contributed by atoms with E-state index in [0.717, 1.165) is 37.2 Å². The van der Waals surface area contributed by atoms with Gasteiger partial charge in [-0.15, -0.1) is 0 Å².